The van der Waals surface area contributed by atoms with Crippen molar-refractivity contribution in [3.63, 3.8) is 0 Å². The third-order valence-electron chi connectivity index (χ3n) is 6.09. The number of nitrogens with zero attached hydrogens (tertiary/aromatic N) is 4. The number of amides is 1. The van der Waals surface area contributed by atoms with Crippen LogP contribution in [0.25, 0.3) is 11.3 Å². The molecule has 0 aliphatic carbocycles. The Morgan fingerprint density at radius 1 is 1.16 bits per heavy atom. The number of nitrogen functional groups attached to an aromatic ring is 1. The molecule has 3 aromatic rings. The van der Waals surface area contributed by atoms with Gasteiger partial charge in [0.25, 0.3) is 15.9 Å². The number of nitrogens with two attached hydrogens (primary N) is 1. The molecule has 1 aliphatic heterocycles. The maximum atomic E-state index is 13.3. The zero-order valence-electron chi connectivity index (χ0n) is 21.6. The van der Waals surface area contributed by atoms with E-state index in [0.29, 0.717) is 28.9 Å². The lowest BCUT2D eigenvalue weighted by Crippen LogP contribution is -2.39. The van der Waals surface area contributed by atoms with Gasteiger partial charge in [-0.3, -0.25) is 4.79 Å². The molecule has 0 unspecified atom stereocenters. The summed E-state index contributed by atoms with van der Waals surface area (Å²) in [6, 6.07) is 11.0. The Hall–Kier alpha value is -3.73. The van der Waals surface area contributed by atoms with E-state index in [1.165, 1.54) is 18.2 Å². The zero-order chi connectivity index (χ0) is 27.0. The first-order chi connectivity index (χ1) is 17.4. The minimum atomic E-state index is -4.27. The van der Waals surface area contributed by atoms with Crippen LogP contribution in [-0.4, -0.2) is 47.5 Å². The van der Waals surface area contributed by atoms with Crippen molar-refractivity contribution in [3.05, 3.63) is 54.2 Å². The van der Waals surface area contributed by atoms with Gasteiger partial charge in [0.2, 0.25) is 5.88 Å². The van der Waals surface area contributed by atoms with Gasteiger partial charge in [-0.25, -0.2) is 19.7 Å². The smallest absolute Gasteiger partial charge is 0.281 e. The third kappa shape index (κ3) is 5.82. The topological polar surface area (TPSA) is 140 Å². The molecule has 4 rings (SSSR count). The first-order valence-corrected chi connectivity index (χ1v) is 13.6. The van der Waals surface area contributed by atoms with Crippen LogP contribution in [0, 0.1) is 5.92 Å². The second-order valence-electron chi connectivity index (χ2n) is 10.2. The number of anilines is 2. The summed E-state index contributed by atoms with van der Waals surface area (Å²) in [4.78, 5) is 28.5. The van der Waals surface area contributed by atoms with Crippen LogP contribution in [0.2, 0.25) is 0 Å². The summed E-state index contributed by atoms with van der Waals surface area (Å²) in [5.41, 5.74) is 6.45. The molecule has 196 valence electrons. The fourth-order valence-electron chi connectivity index (χ4n) is 4.63. The molecule has 1 aliphatic rings. The zero-order valence-corrected chi connectivity index (χ0v) is 22.4. The van der Waals surface area contributed by atoms with Crippen LogP contribution < -0.4 is 20.1 Å². The molecular formula is C26H32N6O4S. The molecule has 3 N–H and O–H groups in total. The van der Waals surface area contributed by atoms with Crippen molar-refractivity contribution in [1.82, 2.24) is 19.7 Å². The Morgan fingerprint density at radius 3 is 2.51 bits per heavy atom. The van der Waals surface area contributed by atoms with E-state index in [1.54, 1.807) is 30.5 Å². The lowest BCUT2D eigenvalue weighted by molar-refractivity contribution is 0.0981. The Labute approximate surface area is 217 Å². The van der Waals surface area contributed by atoms with E-state index in [0.717, 1.165) is 13.0 Å². The molecule has 0 spiro atoms. The van der Waals surface area contributed by atoms with Crippen LogP contribution in [0.4, 0.5) is 11.6 Å². The predicted molar refractivity (Wildman–Crippen MR) is 142 cm³/mol. The maximum absolute atomic E-state index is 13.3. The number of rotatable bonds is 7. The van der Waals surface area contributed by atoms with Gasteiger partial charge < -0.3 is 15.4 Å². The Kier molecular flexibility index (Phi) is 7.09. The van der Waals surface area contributed by atoms with Gasteiger partial charge in [0, 0.05) is 29.9 Å². The van der Waals surface area contributed by atoms with Gasteiger partial charge in [-0.05, 0) is 70.4 Å². The summed E-state index contributed by atoms with van der Waals surface area (Å²) in [7, 11) is -4.27. The van der Waals surface area contributed by atoms with Crippen molar-refractivity contribution >= 4 is 27.6 Å². The van der Waals surface area contributed by atoms with Gasteiger partial charge in [0.05, 0.1) is 17.4 Å². The molecule has 4 heterocycles. The summed E-state index contributed by atoms with van der Waals surface area (Å²) in [6.45, 7) is 11.1. The Morgan fingerprint density at radius 2 is 1.92 bits per heavy atom. The van der Waals surface area contributed by atoms with Crippen LogP contribution in [-0.2, 0) is 10.0 Å². The molecule has 0 aromatic carbocycles. The highest BCUT2D eigenvalue weighted by Gasteiger charge is 2.37. The Balaban J connectivity index is 1.75. The minimum Gasteiger partial charge on any atom is -0.475 e. The fraction of sp³-hybridized carbons (Fsp3) is 0.385. The van der Waals surface area contributed by atoms with E-state index in [2.05, 4.69) is 40.4 Å². The fourth-order valence-corrected chi connectivity index (χ4v) is 5.58. The van der Waals surface area contributed by atoms with Crippen LogP contribution in [0.5, 0.6) is 5.88 Å². The highest BCUT2D eigenvalue weighted by atomic mass is 32.2. The monoisotopic (exact) mass is 524 g/mol. The highest BCUT2D eigenvalue weighted by molar-refractivity contribution is 7.90. The summed E-state index contributed by atoms with van der Waals surface area (Å²) >= 11 is 0. The van der Waals surface area contributed by atoms with Crippen LogP contribution in [0.15, 0.2) is 53.7 Å². The van der Waals surface area contributed by atoms with Crippen LogP contribution in [0.3, 0.4) is 0 Å². The molecule has 11 heteroatoms. The van der Waals surface area contributed by atoms with Crippen molar-refractivity contribution in [1.29, 1.82) is 0 Å². The van der Waals surface area contributed by atoms with Crippen molar-refractivity contribution in [2.75, 3.05) is 17.2 Å². The number of sulfonamides is 1. The number of hydrogen-bond donors (Lipinski definition) is 2. The van der Waals surface area contributed by atoms with Crippen molar-refractivity contribution in [2.45, 2.75) is 57.7 Å². The summed E-state index contributed by atoms with van der Waals surface area (Å²) in [5.74, 6) is 0.803. The molecule has 1 atom stereocenters. The van der Waals surface area contributed by atoms with Crippen molar-refractivity contribution in [2.24, 2.45) is 5.92 Å². The number of aromatic nitrogens is 3. The van der Waals surface area contributed by atoms with Crippen molar-refractivity contribution < 1.29 is 17.9 Å². The van der Waals surface area contributed by atoms with Crippen molar-refractivity contribution in [3.8, 4) is 17.1 Å². The summed E-state index contributed by atoms with van der Waals surface area (Å²) in [5, 5.41) is -0.350. The largest absolute Gasteiger partial charge is 0.475 e. The third-order valence-corrected chi connectivity index (χ3v) is 7.32. The molecule has 1 saturated heterocycles. The number of hydrogen-bond acceptors (Lipinski definition) is 9. The van der Waals surface area contributed by atoms with Gasteiger partial charge >= 0.3 is 0 Å². The molecular weight excluding hydrogens is 492 g/mol. The Bertz CT molecular complexity index is 1410. The molecule has 0 radical (unpaired) electrons. The number of carbonyl (C=O) groups excluding carboxylic acids is 1. The summed E-state index contributed by atoms with van der Waals surface area (Å²) in [6.07, 6.45) is 2.51. The average Bonchev–Trinajstić information content (AvgIpc) is 3.10. The molecule has 1 amide bonds. The van der Waals surface area contributed by atoms with Gasteiger partial charge in [-0.15, -0.1) is 0 Å². The predicted octanol–water partition coefficient (Wildman–Crippen LogP) is 3.65. The number of pyridine rings is 3. The van der Waals surface area contributed by atoms with Gasteiger partial charge in [0.1, 0.15) is 11.6 Å². The second-order valence-corrected chi connectivity index (χ2v) is 11.8. The molecule has 0 saturated carbocycles. The van der Waals surface area contributed by atoms with Crippen LogP contribution >= 0.6 is 0 Å². The lowest BCUT2D eigenvalue weighted by Gasteiger charge is -2.33. The molecule has 10 nitrogen and oxygen atoms in total. The second kappa shape index (κ2) is 9.97. The van der Waals surface area contributed by atoms with Gasteiger partial charge in [-0.1, -0.05) is 13.0 Å². The van der Waals surface area contributed by atoms with Gasteiger partial charge in [0.15, 0.2) is 5.03 Å². The van der Waals surface area contributed by atoms with E-state index in [4.69, 9.17) is 15.5 Å². The number of carbonyl (C=O) groups is 1. The lowest BCUT2D eigenvalue weighted by atomic mass is 9.97. The highest BCUT2D eigenvalue weighted by Crippen LogP contribution is 2.37. The van der Waals surface area contributed by atoms with E-state index in [9.17, 15) is 13.2 Å². The van der Waals surface area contributed by atoms with E-state index in [-0.39, 0.29) is 28.1 Å². The standard InChI is InChI=1S/C26H32N6O4S/c1-16(2)36-22-12-9-18(14-28-22)24-19(10-11-21(30-24)32-15-17(3)13-26(32,4)5)25(33)31-37(34,35)23-8-6-7-20(27)29-23/h6-12,14,16-17H,13,15H2,1-5H3,(H2,27,29)(H,31,33)/t17-/m0/s1. The van der Waals surface area contributed by atoms with Crippen LogP contribution in [0.1, 0.15) is 51.4 Å². The molecule has 3 aromatic heterocycles. The average molecular weight is 525 g/mol. The first kappa shape index (κ1) is 26.3. The number of nitrogens with one attached hydrogen (secondary N) is 1. The number of ether oxygens (including phenoxy) is 1. The van der Waals surface area contributed by atoms with Gasteiger partial charge in [-0.2, -0.15) is 8.42 Å². The van der Waals surface area contributed by atoms with E-state index in [1.807, 2.05) is 13.8 Å². The minimum absolute atomic E-state index is 0.0271. The molecule has 0 bridgehead atoms. The normalized spacial score (nSPS) is 17.1. The maximum Gasteiger partial charge on any atom is 0.281 e. The molecule has 1 fully saturated rings. The quantitative estimate of drug-likeness (QED) is 0.474. The van der Waals surface area contributed by atoms with E-state index >= 15 is 0 Å². The SMILES string of the molecule is CC(C)Oc1ccc(-c2nc(N3C[C@@H](C)CC3(C)C)ccc2C(=O)NS(=O)(=O)c2cccc(N)n2)cn1. The molecule has 37 heavy (non-hydrogen) atoms. The van der Waals surface area contributed by atoms with E-state index < -0.39 is 15.9 Å². The summed E-state index contributed by atoms with van der Waals surface area (Å²) < 4.78 is 33.4. The first-order valence-electron chi connectivity index (χ1n) is 12.1.